The SMILES string of the molecule is CCCNC(=O)C=Cc1cc(NCC(O)CO)ccc1N. The van der Waals surface area contributed by atoms with E-state index in [9.17, 15) is 9.90 Å². The third-order valence-electron chi connectivity index (χ3n) is 2.80. The van der Waals surface area contributed by atoms with E-state index in [0.29, 0.717) is 17.8 Å². The molecule has 1 unspecified atom stereocenters. The molecule has 0 saturated heterocycles. The van der Waals surface area contributed by atoms with Crippen LogP contribution in [0.5, 0.6) is 0 Å². The number of nitrogens with one attached hydrogen (secondary N) is 2. The first-order valence-corrected chi connectivity index (χ1v) is 6.95. The average molecular weight is 293 g/mol. The fourth-order valence-corrected chi connectivity index (χ4v) is 1.60. The molecule has 1 aromatic carbocycles. The number of anilines is 2. The van der Waals surface area contributed by atoms with Crippen LogP contribution < -0.4 is 16.4 Å². The van der Waals surface area contributed by atoms with Gasteiger partial charge < -0.3 is 26.6 Å². The zero-order chi connectivity index (χ0) is 15.7. The second-order valence-corrected chi connectivity index (χ2v) is 4.69. The Morgan fingerprint density at radius 3 is 2.90 bits per heavy atom. The lowest BCUT2D eigenvalue weighted by atomic mass is 10.1. The van der Waals surface area contributed by atoms with Gasteiger partial charge in [-0.2, -0.15) is 0 Å². The molecule has 0 heterocycles. The number of aliphatic hydroxyl groups is 2. The zero-order valence-corrected chi connectivity index (χ0v) is 12.2. The number of nitrogens with two attached hydrogens (primary N) is 1. The molecule has 0 aliphatic carbocycles. The number of carbonyl (C=O) groups is 1. The van der Waals surface area contributed by atoms with Crippen molar-refractivity contribution in [1.29, 1.82) is 0 Å². The van der Waals surface area contributed by atoms with Gasteiger partial charge in [-0.25, -0.2) is 0 Å². The van der Waals surface area contributed by atoms with Gasteiger partial charge in [0.05, 0.1) is 12.7 Å². The highest BCUT2D eigenvalue weighted by Crippen LogP contribution is 2.19. The third-order valence-corrected chi connectivity index (χ3v) is 2.80. The van der Waals surface area contributed by atoms with Crippen molar-refractivity contribution in [2.24, 2.45) is 0 Å². The number of hydrogen-bond acceptors (Lipinski definition) is 5. The van der Waals surface area contributed by atoms with Gasteiger partial charge in [0.2, 0.25) is 5.91 Å². The van der Waals surface area contributed by atoms with Crippen LogP contribution in [0.15, 0.2) is 24.3 Å². The number of carbonyl (C=O) groups excluding carboxylic acids is 1. The van der Waals surface area contributed by atoms with Crippen LogP contribution in [0.1, 0.15) is 18.9 Å². The lowest BCUT2D eigenvalue weighted by Crippen LogP contribution is -2.23. The molecule has 0 saturated carbocycles. The number of rotatable bonds is 8. The van der Waals surface area contributed by atoms with Crippen LogP contribution in [-0.4, -0.2) is 41.9 Å². The van der Waals surface area contributed by atoms with Crippen LogP contribution in [0.4, 0.5) is 11.4 Å². The Bertz CT molecular complexity index is 489. The summed E-state index contributed by atoms with van der Waals surface area (Å²) in [4.78, 5) is 11.5. The fraction of sp³-hybridized carbons (Fsp3) is 0.400. The van der Waals surface area contributed by atoms with Crippen molar-refractivity contribution in [2.75, 3.05) is 30.7 Å². The summed E-state index contributed by atoms with van der Waals surface area (Å²) in [6.07, 6.45) is 3.15. The predicted molar refractivity (Wildman–Crippen MR) is 84.8 cm³/mol. The Morgan fingerprint density at radius 1 is 1.48 bits per heavy atom. The smallest absolute Gasteiger partial charge is 0.244 e. The van der Waals surface area contributed by atoms with E-state index in [4.69, 9.17) is 10.8 Å². The lowest BCUT2D eigenvalue weighted by molar-refractivity contribution is -0.116. The monoisotopic (exact) mass is 293 g/mol. The summed E-state index contributed by atoms with van der Waals surface area (Å²) in [6.45, 7) is 2.56. The van der Waals surface area contributed by atoms with E-state index in [1.807, 2.05) is 6.92 Å². The maximum atomic E-state index is 11.5. The normalized spacial score (nSPS) is 12.3. The molecule has 0 aliphatic heterocycles. The van der Waals surface area contributed by atoms with Crippen LogP contribution in [0.2, 0.25) is 0 Å². The van der Waals surface area contributed by atoms with Crippen LogP contribution in [0.25, 0.3) is 6.08 Å². The van der Waals surface area contributed by atoms with Crippen molar-refractivity contribution in [1.82, 2.24) is 5.32 Å². The van der Waals surface area contributed by atoms with E-state index >= 15 is 0 Å². The van der Waals surface area contributed by atoms with Crippen molar-refractivity contribution in [3.63, 3.8) is 0 Å². The molecule has 0 bridgehead atoms. The van der Waals surface area contributed by atoms with Gasteiger partial charge in [-0.05, 0) is 36.3 Å². The van der Waals surface area contributed by atoms with Gasteiger partial charge in [-0.15, -0.1) is 0 Å². The number of aliphatic hydroxyl groups excluding tert-OH is 2. The fourth-order valence-electron chi connectivity index (χ4n) is 1.60. The highest BCUT2D eigenvalue weighted by atomic mass is 16.3. The molecule has 0 aromatic heterocycles. The third kappa shape index (κ3) is 6.29. The van der Waals surface area contributed by atoms with Gasteiger partial charge in [-0.3, -0.25) is 4.79 Å². The predicted octanol–water partition coefficient (Wildman–Crippen LogP) is 0.573. The van der Waals surface area contributed by atoms with Crippen molar-refractivity contribution < 1.29 is 15.0 Å². The summed E-state index contributed by atoms with van der Waals surface area (Å²) in [5.74, 6) is -0.162. The number of nitrogen functional groups attached to an aromatic ring is 1. The van der Waals surface area contributed by atoms with E-state index in [1.165, 1.54) is 6.08 Å². The highest BCUT2D eigenvalue weighted by Gasteiger charge is 2.03. The average Bonchev–Trinajstić information content (AvgIpc) is 2.50. The highest BCUT2D eigenvalue weighted by molar-refractivity contribution is 5.92. The molecule has 0 aliphatic rings. The molecule has 6 heteroatoms. The summed E-state index contributed by atoms with van der Waals surface area (Å²) in [7, 11) is 0. The first kappa shape index (κ1) is 17.0. The molecule has 1 amide bonds. The molecule has 6 nitrogen and oxygen atoms in total. The standard InChI is InChI=1S/C15H23N3O3/c1-2-7-17-15(21)6-3-11-8-12(4-5-14(11)16)18-9-13(20)10-19/h3-6,8,13,18-20H,2,7,9-10,16H2,1H3,(H,17,21). The molecule has 1 aromatic rings. The summed E-state index contributed by atoms with van der Waals surface area (Å²) in [6, 6.07) is 5.27. The Morgan fingerprint density at radius 2 is 2.24 bits per heavy atom. The minimum absolute atomic E-state index is 0.162. The summed E-state index contributed by atoms with van der Waals surface area (Å²) < 4.78 is 0. The quantitative estimate of drug-likeness (QED) is 0.356. The van der Waals surface area contributed by atoms with Crippen molar-refractivity contribution in [3.8, 4) is 0 Å². The van der Waals surface area contributed by atoms with Crippen LogP contribution >= 0.6 is 0 Å². The van der Waals surface area contributed by atoms with Gasteiger partial charge in [0, 0.05) is 30.5 Å². The van der Waals surface area contributed by atoms with E-state index in [-0.39, 0.29) is 19.1 Å². The molecular weight excluding hydrogens is 270 g/mol. The summed E-state index contributed by atoms with van der Waals surface area (Å²) >= 11 is 0. The maximum Gasteiger partial charge on any atom is 0.244 e. The van der Waals surface area contributed by atoms with Crippen molar-refractivity contribution in [2.45, 2.75) is 19.4 Å². The van der Waals surface area contributed by atoms with Gasteiger partial charge in [-0.1, -0.05) is 6.92 Å². The molecule has 116 valence electrons. The van der Waals surface area contributed by atoms with E-state index in [1.54, 1.807) is 24.3 Å². The van der Waals surface area contributed by atoms with E-state index in [2.05, 4.69) is 10.6 Å². The first-order chi connectivity index (χ1) is 10.1. The summed E-state index contributed by atoms with van der Waals surface area (Å²) in [5, 5.41) is 23.8. The van der Waals surface area contributed by atoms with E-state index in [0.717, 1.165) is 12.1 Å². The minimum atomic E-state index is -0.818. The van der Waals surface area contributed by atoms with Crippen molar-refractivity contribution in [3.05, 3.63) is 29.8 Å². The molecule has 1 atom stereocenters. The topological polar surface area (TPSA) is 108 Å². The molecule has 6 N–H and O–H groups in total. The zero-order valence-electron chi connectivity index (χ0n) is 12.2. The number of amides is 1. The molecular formula is C15H23N3O3. The number of hydrogen-bond donors (Lipinski definition) is 5. The Balaban J connectivity index is 2.69. The number of benzene rings is 1. The Hall–Kier alpha value is -2.05. The molecule has 0 spiro atoms. The van der Waals surface area contributed by atoms with Crippen molar-refractivity contribution >= 4 is 23.4 Å². The van der Waals surface area contributed by atoms with Gasteiger partial charge in [0.15, 0.2) is 0 Å². The molecule has 1 rings (SSSR count). The molecule has 21 heavy (non-hydrogen) atoms. The van der Waals surface area contributed by atoms with Gasteiger partial charge in [0.25, 0.3) is 0 Å². The van der Waals surface area contributed by atoms with Gasteiger partial charge in [0.1, 0.15) is 0 Å². The van der Waals surface area contributed by atoms with E-state index < -0.39 is 6.10 Å². The largest absolute Gasteiger partial charge is 0.398 e. The lowest BCUT2D eigenvalue weighted by Gasteiger charge is -2.11. The van der Waals surface area contributed by atoms with Crippen LogP contribution in [0.3, 0.4) is 0 Å². The Kier molecular flexibility index (Phi) is 7.28. The molecule has 0 fully saturated rings. The second kappa shape index (κ2) is 8.99. The van der Waals surface area contributed by atoms with Crippen LogP contribution in [0, 0.1) is 0 Å². The molecule has 0 radical (unpaired) electrons. The first-order valence-electron chi connectivity index (χ1n) is 6.95. The van der Waals surface area contributed by atoms with Crippen LogP contribution in [-0.2, 0) is 4.79 Å². The summed E-state index contributed by atoms with van der Waals surface area (Å²) in [5.41, 5.74) is 7.88. The minimum Gasteiger partial charge on any atom is -0.398 e. The second-order valence-electron chi connectivity index (χ2n) is 4.69. The Labute approximate surface area is 124 Å². The van der Waals surface area contributed by atoms with Gasteiger partial charge >= 0.3 is 0 Å². The maximum absolute atomic E-state index is 11.5.